The van der Waals surface area contributed by atoms with Gasteiger partial charge in [-0.1, -0.05) is 0 Å². The van der Waals surface area contributed by atoms with Gasteiger partial charge in [-0.25, -0.2) is 0 Å². The van der Waals surface area contributed by atoms with Crippen LogP contribution in [0, 0.1) is 0 Å². The van der Waals surface area contributed by atoms with Crippen LogP contribution in [0.15, 0.2) is 18.3 Å². The van der Waals surface area contributed by atoms with Gasteiger partial charge in [0.1, 0.15) is 0 Å². The fourth-order valence-corrected chi connectivity index (χ4v) is 2.18. The third kappa shape index (κ3) is 2.17. The summed E-state index contributed by atoms with van der Waals surface area (Å²) < 4.78 is 16.2. The lowest BCUT2D eigenvalue weighted by Gasteiger charge is -2.17. The lowest BCUT2D eigenvalue weighted by atomic mass is 10.0. The fraction of sp³-hybridized carbons (Fsp3) is 0.357. The summed E-state index contributed by atoms with van der Waals surface area (Å²) in [6.45, 7) is 1.89. The molecular formula is C14H18N2O3. The largest absolute Gasteiger partial charge is 0.493 e. The number of hydrogen-bond donors (Lipinski definition) is 1. The minimum atomic E-state index is -0.175. The molecule has 2 rings (SSSR count). The smallest absolute Gasteiger partial charge is 0.203 e. The van der Waals surface area contributed by atoms with Gasteiger partial charge in [0.15, 0.2) is 11.5 Å². The molecule has 1 aromatic heterocycles. The van der Waals surface area contributed by atoms with Crippen LogP contribution >= 0.6 is 0 Å². The summed E-state index contributed by atoms with van der Waals surface area (Å²) in [4.78, 5) is 4.34. The molecule has 0 radical (unpaired) electrons. The van der Waals surface area contributed by atoms with Gasteiger partial charge >= 0.3 is 0 Å². The first-order valence-electron chi connectivity index (χ1n) is 5.97. The van der Waals surface area contributed by atoms with Crippen LogP contribution in [0.25, 0.3) is 10.8 Å². The topological polar surface area (TPSA) is 66.6 Å². The first-order valence-corrected chi connectivity index (χ1v) is 5.97. The van der Waals surface area contributed by atoms with Crippen LogP contribution in [-0.2, 0) is 0 Å². The van der Waals surface area contributed by atoms with Crippen molar-refractivity contribution in [2.24, 2.45) is 5.73 Å². The zero-order chi connectivity index (χ0) is 14.0. The van der Waals surface area contributed by atoms with Crippen LogP contribution in [0.1, 0.15) is 18.7 Å². The predicted molar refractivity (Wildman–Crippen MR) is 74.0 cm³/mol. The summed E-state index contributed by atoms with van der Waals surface area (Å²) in [5.41, 5.74) is 6.76. The lowest BCUT2D eigenvalue weighted by molar-refractivity contribution is 0.327. The molecule has 5 heteroatoms. The first kappa shape index (κ1) is 13.4. The SMILES string of the molecule is COc1cc2c(C(C)N)nccc2c(OC)c1OC. The van der Waals surface area contributed by atoms with Crippen LogP contribution in [0.4, 0.5) is 0 Å². The van der Waals surface area contributed by atoms with E-state index in [2.05, 4.69) is 4.98 Å². The van der Waals surface area contributed by atoms with E-state index in [1.165, 1.54) is 0 Å². The van der Waals surface area contributed by atoms with Gasteiger partial charge in [0.2, 0.25) is 5.75 Å². The molecule has 1 unspecified atom stereocenters. The number of ether oxygens (including phenoxy) is 3. The first-order chi connectivity index (χ1) is 9.13. The Balaban J connectivity index is 2.88. The molecule has 102 valence electrons. The number of nitrogens with two attached hydrogens (primary N) is 1. The number of benzene rings is 1. The molecule has 0 saturated heterocycles. The van der Waals surface area contributed by atoms with E-state index in [1.807, 2.05) is 19.1 Å². The maximum atomic E-state index is 5.96. The summed E-state index contributed by atoms with van der Waals surface area (Å²) in [5.74, 6) is 1.79. The standard InChI is InChI=1S/C14H18N2O3/c1-8(15)12-10-7-11(17-2)14(19-4)13(18-3)9(10)5-6-16-12/h5-8H,15H2,1-4H3. The Kier molecular flexibility index (Phi) is 3.76. The van der Waals surface area contributed by atoms with E-state index in [-0.39, 0.29) is 6.04 Å². The maximum Gasteiger partial charge on any atom is 0.203 e. The summed E-state index contributed by atoms with van der Waals surface area (Å²) >= 11 is 0. The lowest BCUT2D eigenvalue weighted by Crippen LogP contribution is -2.08. The van der Waals surface area contributed by atoms with Crippen LogP contribution in [0.3, 0.4) is 0 Å². The molecular weight excluding hydrogens is 244 g/mol. The van der Waals surface area contributed by atoms with E-state index >= 15 is 0 Å². The van der Waals surface area contributed by atoms with Crippen molar-refractivity contribution >= 4 is 10.8 Å². The molecule has 5 nitrogen and oxygen atoms in total. The van der Waals surface area contributed by atoms with Crippen LogP contribution in [-0.4, -0.2) is 26.3 Å². The average molecular weight is 262 g/mol. The van der Waals surface area contributed by atoms with Gasteiger partial charge in [-0.2, -0.15) is 0 Å². The van der Waals surface area contributed by atoms with Crippen molar-refractivity contribution < 1.29 is 14.2 Å². The Morgan fingerprint density at radius 1 is 1.05 bits per heavy atom. The van der Waals surface area contributed by atoms with Gasteiger partial charge < -0.3 is 19.9 Å². The van der Waals surface area contributed by atoms with E-state index in [4.69, 9.17) is 19.9 Å². The molecule has 0 spiro atoms. The Bertz CT molecular complexity index is 597. The molecule has 2 N–H and O–H groups in total. The van der Waals surface area contributed by atoms with Crippen LogP contribution in [0.2, 0.25) is 0 Å². The minimum Gasteiger partial charge on any atom is -0.493 e. The normalized spacial score (nSPS) is 12.3. The van der Waals surface area contributed by atoms with Crippen molar-refractivity contribution in [2.45, 2.75) is 13.0 Å². The van der Waals surface area contributed by atoms with Gasteiger partial charge in [-0.15, -0.1) is 0 Å². The summed E-state index contributed by atoms with van der Waals surface area (Å²) in [6.07, 6.45) is 1.72. The van der Waals surface area contributed by atoms with Gasteiger partial charge in [0.05, 0.1) is 27.0 Å². The Morgan fingerprint density at radius 3 is 2.26 bits per heavy atom. The molecule has 0 bridgehead atoms. The van der Waals surface area contributed by atoms with Gasteiger partial charge in [0.25, 0.3) is 0 Å². The monoisotopic (exact) mass is 262 g/mol. The fourth-order valence-electron chi connectivity index (χ4n) is 2.18. The molecule has 0 aliphatic carbocycles. The van der Waals surface area contributed by atoms with E-state index in [0.717, 1.165) is 16.5 Å². The third-order valence-corrected chi connectivity index (χ3v) is 3.03. The summed E-state index contributed by atoms with van der Waals surface area (Å²) in [7, 11) is 4.77. The molecule has 0 fully saturated rings. The molecule has 0 aliphatic rings. The second-order valence-electron chi connectivity index (χ2n) is 4.23. The average Bonchev–Trinajstić information content (AvgIpc) is 2.43. The number of fused-ring (bicyclic) bond motifs is 1. The highest BCUT2D eigenvalue weighted by atomic mass is 16.5. The highest BCUT2D eigenvalue weighted by Crippen LogP contribution is 2.44. The molecule has 1 atom stereocenters. The van der Waals surface area contributed by atoms with Crippen molar-refractivity contribution in [1.29, 1.82) is 0 Å². The maximum absolute atomic E-state index is 5.96. The van der Waals surface area contributed by atoms with Gasteiger partial charge in [-0.05, 0) is 19.1 Å². The summed E-state index contributed by atoms with van der Waals surface area (Å²) in [6, 6.07) is 3.58. The third-order valence-electron chi connectivity index (χ3n) is 3.03. The highest BCUT2D eigenvalue weighted by Gasteiger charge is 2.18. The zero-order valence-corrected chi connectivity index (χ0v) is 11.6. The van der Waals surface area contributed by atoms with Gasteiger partial charge in [0, 0.05) is 23.0 Å². The summed E-state index contributed by atoms with van der Waals surface area (Å²) in [5, 5.41) is 1.81. The van der Waals surface area contributed by atoms with Crippen LogP contribution in [0.5, 0.6) is 17.2 Å². The predicted octanol–water partition coefficient (Wildman–Crippen LogP) is 2.28. The van der Waals surface area contributed by atoms with E-state index in [9.17, 15) is 0 Å². The number of nitrogens with zero attached hydrogens (tertiary/aromatic N) is 1. The minimum absolute atomic E-state index is 0.175. The quantitative estimate of drug-likeness (QED) is 0.915. The van der Waals surface area contributed by atoms with Crippen molar-refractivity contribution in [2.75, 3.05) is 21.3 Å². The highest BCUT2D eigenvalue weighted by molar-refractivity contribution is 5.94. The Hall–Kier alpha value is -2.01. The van der Waals surface area contributed by atoms with E-state index in [0.29, 0.717) is 17.2 Å². The zero-order valence-electron chi connectivity index (χ0n) is 11.6. The number of pyridine rings is 1. The van der Waals surface area contributed by atoms with E-state index in [1.54, 1.807) is 27.5 Å². The second-order valence-corrected chi connectivity index (χ2v) is 4.23. The molecule has 0 amide bonds. The van der Waals surface area contributed by atoms with Crippen LogP contribution < -0.4 is 19.9 Å². The van der Waals surface area contributed by atoms with Crippen molar-refractivity contribution in [1.82, 2.24) is 4.98 Å². The van der Waals surface area contributed by atoms with Crippen molar-refractivity contribution in [3.63, 3.8) is 0 Å². The molecule has 19 heavy (non-hydrogen) atoms. The van der Waals surface area contributed by atoms with Crippen molar-refractivity contribution in [3.05, 3.63) is 24.0 Å². The van der Waals surface area contributed by atoms with Crippen molar-refractivity contribution in [3.8, 4) is 17.2 Å². The number of rotatable bonds is 4. The van der Waals surface area contributed by atoms with Gasteiger partial charge in [-0.3, -0.25) is 4.98 Å². The molecule has 2 aromatic rings. The molecule has 1 aromatic carbocycles. The Labute approximate surface area is 112 Å². The molecule has 0 saturated carbocycles. The second kappa shape index (κ2) is 5.32. The number of aromatic nitrogens is 1. The number of methoxy groups -OCH3 is 3. The molecule has 1 heterocycles. The Morgan fingerprint density at radius 2 is 1.74 bits per heavy atom. The number of hydrogen-bond acceptors (Lipinski definition) is 5. The van der Waals surface area contributed by atoms with E-state index < -0.39 is 0 Å². The molecule has 0 aliphatic heterocycles.